The third-order valence-corrected chi connectivity index (χ3v) is 4.61. The number of halogens is 3. The first-order chi connectivity index (χ1) is 8.95. The van der Waals surface area contributed by atoms with Gasteiger partial charge < -0.3 is 10.2 Å². The highest BCUT2D eigenvalue weighted by Gasteiger charge is 2.41. The summed E-state index contributed by atoms with van der Waals surface area (Å²) in [5.74, 6) is -1.06. The predicted octanol–water partition coefficient (Wildman–Crippen LogP) is 3.18. The predicted molar refractivity (Wildman–Crippen MR) is 70.1 cm³/mol. The molecule has 0 radical (unpaired) electrons. The first-order valence-electron chi connectivity index (χ1n) is 7.46. The fourth-order valence-corrected chi connectivity index (χ4v) is 3.33. The van der Waals surface area contributed by atoms with Gasteiger partial charge in [-0.3, -0.25) is 0 Å². The van der Waals surface area contributed by atoms with Crippen LogP contribution in [-0.4, -0.2) is 43.3 Å². The van der Waals surface area contributed by atoms with Crippen LogP contribution in [-0.2, 0) is 0 Å². The van der Waals surface area contributed by atoms with E-state index in [1.165, 1.54) is 6.42 Å². The highest BCUT2D eigenvalue weighted by Crippen LogP contribution is 2.37. The largest absolute Gasteiger partial charge is 0.391 e. The fourth-order valence-electron chi connectivity index (χ4n) is 3.33. The lowest BCUT2D eigenvalue weighted by Gasteiger charge is -2.32. The smallest absolute Gasteiger partial charge is 0.311 e. The quantitative estimate of drug-likeness (QED) is 0.834. The Morgan fingerprint density at radius 3 is 2.16 bits per heavy atom. The standard InChI is InChI=1S/C14H25F3N2/c1-19-9-2-3-12(8-10-19)18-13-6-4-11(5-7-13)14(15,16)17/h11-13,18H,2-10H2,1H3. The van der Waals surface area contributed by atoms with Crippen LogP contribution in [0.15, 0.2) is 0 Å². The van der Waals surface area contributed by atoms with E-state index in [9.17, 15) is 13.2 Å². The number of alkyl halides is 3. The van der Waals surface area contributed by atoms with E-state index in [0.29, 0.717) is 37.8 Å². The molecule has 1 aliphatic carbocycles. The molecule has 0 amide bonds. The molecule has 112 valence electrons. The summed E-state index contributed by atoms with van der Waals surface area (Å²) in [7, 11) is 2.14. The van der Waals surface area contributed by atoms with E-state index in [2.05, 4.69) is 17.3 Å². The molecule has 5 heteroatoms. The van der Waals surface area contributed by atoms with Gasteiger partial charge in [0.2, 0.25) is 0 Å². The number of likely N-dealkylation sites (tertiary alicyclic amines) is 1. The van der Waals surface area contributed by atoms with Gasteiger partial charge in [-0.2, -0.15) is 13.2 Å². The Morgan fingerprint density at radius 2 is 1.53 bits per heavy atom. The molecule has 0 bridgehead atoms. The lowest BCUT2D eigenvalue weighted by atomic mass is 9.85. The van der Waals surface area contributed by atoms with Crippen molar-refractivity contribution in [2.75, 3.05) is 20.1 Å². The summed E-state index contributed by atoms with van der Waals surface area (Å²) in [5, 5.41) is 3.60. The molecule has 0 aromatic heterocycles. The average molecular weight is 278 g/mol. The molecule has 0 aromatic carbocycles. The molecular weight excluding hydrogens is 253 g/mol. The summed E-state index contributed by atoms with van der Waals surface area (Å²) in [6.45, 7) is 2.23. The first kappa shape index (κ1) is 15.1. The first-order valence-corrected chi connectivity index (χ1v) is 7.46. The minimum Gasteiger partial charge on any atom is -0.311 e. The zero-order valence-corrected chi connectivity index (χ0v) is 11.7. The number of hydrogen-bond acceptors (Lipinski definition) is 2. The average Bonchev–Trinajstić information content (AvgIpc) is 2.54. The highest BCUT2D eigenvalue weighted by atomic mass is 19.4. The normalized spacial score (nSPS) is 35.1. The Hall–Kier alpha value is -0.290. The molecule has 1 N–H and O–H groups in total. The zero-order chi connectivity index (χ0) is 13.9. The van der Waals surface area contributed by atoms with Crippen LogP contribution in [0.25, 0.3) is 0 Å². The van der Waals surface area contributed by atoms with Crippen LogP contribution in [0.5, 0.6) is 0 Å². The monoisotopic (exact) mass is 278 g/mol. The van der Waals surface area contributed by atoms with Crippen molar-refractivity contribution in [2.24, 2.45) is 5.92 Å². The van der Waals surface area contributed by atoms with Crippen molar-refractivity contribution < 1.29 is 13.2 Å². The molecule has 2 fully saturated rings. The van der Waals surface area contributed by atoms with Gasteiger partial charge in [0.05, 0.1) is 5.92 Å². The van der Waals surface area contributed by atoms with Gasteiger partial charge in [0.25, 0.3) is 0 Å². The van der Waals surface area contributed by atoms with Crippen molar-refractivity contribution in [3.63, 3.8) is 0 Å². The topological polar surface area (TPSA) is 15.3 Å². The molecule has 1 aliphatic heterocycles. The van der Waals surface area contributed by atoms with Gasteiger partial charge in [-0.25, -0.2) is 0 Å². The van der Waals surface area contributed by atoms with Gasteiger partial charge in [-0.1, -0.05) is 0 Å². The summed E-state index contributed by atoms with van der Waals surface area (Å²) in [6, 6.07) is 0.796. The maximum Gasteiger partial charge on any atom is 0.391 e. The van der Waals surface area contributed by atoms with Crippen LogP contribution in [0, 0.1) is 5.92 Å². The molecule has 2 rings (SSSR count). The summed E-state index contributed by atoms with van der Waals surface area (Å²) in [6.07, 6.45) is 1.43. The van der Waals surface area contributed by atoms with E-state index in [4.69, 9.17) is 0 Å². The van der Waals surface area contributed by atoms with Crippen LogP contribution in [0.3, 0.4) is 0 Å². The van der Waals surface area contributed by atoms with Gasteiger partial charge in [0, 0.05) is 12.1 Å². The molecule has 1 atom stereocenters. The van der Waals surface area contributed by atoms with Crippen LogP contribution in [0.4, 0.5) is 13.2 Å². The van der Waals surface area contributed by atoms with Gasteiger partial charge >= 0.3 is 6.18 Å². The molecule has 1 saturated heterocycles. The van der Waals surface area contributed by atoms with E-state index in [0.717, 1.165) is 25.9 Å². The third kappa shape index (κ3) is 4.63. The van der Waals surface area contributed by atoms with Crippen molar-refractivity contribution in [2.45, 2.75) is 63.2 Å². The number of rotatable bonds is 2. The van der Waals surface area contributed by atoms with Crippen molar-refractivity contribution in [1.82, 2.24) is 10.2 Å². The van der Waals surface area contributed by atoms with Gasteiger partial charge in [0.15, 0.2) is 0 Å². The van der Waals surface area contributed by atoms with Crippen LogP contribution < -0.4 is 5.32 Å². The molecule has 0 spiro atoms. The van der Waals surface area contributed by atoms with E-state index in [1.54, 1.807) is 0 Å². The zero-order valence-electron chi connectivity index (χ0n) is 11.7. The molecule has 1 heterocycles. The Morgan fingerprint density at radius 1 is 0.895 bits per heavy atom. The van der Waals surface area contributed by atoms with Crippen molar-refractivity contribution in [3.8, 4) is 0 Å². The minimum atomic E-state index is -3.99. The second-order valence-corrected chi connectivity index (χ2v) is 6.19. The van der Waals surface area contributed by atoms with Gasteiger partial charge in [0.1, 0.15) is 0 Å². The molecule has 0 aromatic rings. The number of nitrogens with zero attached hydrogens (tertiary/aromatic N) is 1. The third-order valence-electron chi connectivity index (χ3n) is 4.61. The van der Waals surface area contributed by atoms with Crippen molar-refractivity contribution in [1.29, 1.82) is 0 Å². The molecular formula is C14H25F3N2. The summed E-state index contributed by atoms with van der Waals surface area (Å²) >= 11 is 0. The van der Waals surface area contributed by atoms with E-state index in [-0.39, 0.29) is 0 Å². The second kappa shape index (κ2) is 6.44. The Bertz CT molecular complexity index is 272. The molecule has 2 nitrogen and oxygen atoms in total. The van der Waals surface area contributed by atoms with Crippen molar-refractivity contribution >= 4 is 0 Å². The molecule has 2 aliphatic rings. The van der Waals surface area contributed by atoms with Crippen LogP contribution in [0.1, 0.15) is 44.9 Å². The Kier molecular flexibility index (Phi) is 5.12. The SMILES string of the molecule is CN1CCCC(NC2CCC(C(F)(F)F)CC2)CC1. The maximum absolute atomic E-state index is 12.6. The van der Waals surface area contributed by atoms with E-state index < -0.39 is 12.1 Å². The molecule has 1 saturated carbocycles. The Balaban J connectivity index is 1.73. The minimum absolute atomic E-state index is 0.298. The Labute approximate surface area is 113 Å². The maximum atomic E-state index is 12.6. The summed E-state index contributed by atoms with van der Waals surface area (Å²) in [4.78, 5) is 2.34. The van der Waals surface area contributed by atoms with Crippen molar-refractivity contribution in [3.05, 3.63) is 0 Å². The highest BCUT2D eigenvalue weighted by molar-refractivity contribution is 4.84. The lowest BCUT2D eigenvalue weighted by Crippen LogP contribution is -2.42. The van der Waals surface area contributed by atoms with Crippen LogP contribution >= 0.6 is 0 Å². The van der Waals surface area contributed by atoms with E-state index in [1.807, 2.05) is 0 Å². The lowest BCUT2D eigenvalue weighted by molar-refractivity contribution is -0.182. The summed E-state index contributed by atoms with van der Waals surface area (Å²) < 4.78 is 37.8. The summed E-state index contributed by atoms with van der Waals surface area (Å²) in [5.41, 5.74) is 0. The van der Waals surface area contributed by atoms with Crippen LogP contribution in [0.2, 0.25) is 0 Å². The van der Waals surface area contributed by atoms with E-state index >= 15 is 0 Å². The fraction of sp³-hybridized carbons (Fsp3) is 1.00. The van der Waals surface area contributed by atoms with Gasteiger partial charge in [-0.05, 0) is 65.1 Å². The number of hydrogen-bond donors (Lipinski definition) is 1. The molecule has 19 heavy (non-hydrogen) atoms. The second-order valence-electron chi connectivity index (χ2n) is 6.19. The molecule has 1 unspecified atom stereocenters. The number of nitrogens with one attached hydrogen (secondary N) is 1. The van der Waals surface area contributed by atoms with Gasteiger partial charge in [-0.15, -0.1) is 0 Å².